The van der Waals surface area contributed by atoms with E-state index in [1.54, 1.807) is 19.1 Å². The van der Waals surface area contributed by atoms with Crippen molar-refractivity contribution in [1.29, 1.82) is 0 Å². The largest absolute Gasteiger partial charge is 0.508 e. The van der Waals surface area contributed by atoms with Gasteiger partial charge in [-0.1, -0.05) is 0 Å². The fraction of sp³-hybridized carbons (Fsp3) is 0.455. The Labute approximate surface area is 83.4 Å². The molecule has 1 saturated heterocycles. The molecule has 76 valence electrons. The van der Waals surface area contributed by atoms with Crippen LogP contribution in [0, 0.1) is 6.92 Å². The van der Waals surface area contributed by atoms with E-state index < -0.39 is 0 Å². The summed E-state index contributed by atoms with van der Waals surface area (Å²) in [5.41, 5.74) is 1.52. The second-order valence-corrected chi connectivity index (χ2v) is 3.85. The summed E-state index contributed by atoms with van der Waals surface area (Å²) in [7, 11) is 0. The first-order valence-corrected chi connectivity index (χ1v) is 4.94. The topological polar surface area (TPSA) is 52.5 Å². The van der Waals surface area contributed by atoms with Gasteiger partial charge in [-0.3, -0.25) is 0 Å². The zero-order valence-electron chi connectivity index (χ0n) is 8.25. The van der Waals surface area contributed by atoms with E-state index >= 15 is 0 Å². The van der Waals surface area contributed by atoms with Gasteiger partial charge in [0.2, 0.25) is 0 Å². The monoisotopic (exact) mass is 193 g/mol. The highest BCUT2D eigenvalue weighted by molar-refractivity contribution is 5.46. The molecule has 2 rings (SSSR count). The number of aryl methyl sites for hydroxylation is 1. The van der Waals surface area contributed by atoms with Crippen LogP contribution in [-0.2, 0) is 0 Å². The summed E-state index contributed by atoms with van der Waals surface area (Å²) >= 11 is 0. The quantitative estimate of drug-likeness (QED) is 0.596. The molecule has 1 aromatic carbocycles. The predicted molar refractivity (Wildman–Crippen MR) is 54.5 cm³/mol. The van der Waals surface area contributed by atoms with Crippen LogP contribution in [0.25, 0.3) is 0 Å². The molecule has 1 atom stereocenters. The van der Waals surface area contributed by atoms with E-state index in [0.29, 0.717) is 5.56 Å². The minimum Gasteiger partial charge on any atom is -0.508 e. The normalized spacial score (nSPS) is 21.4. The lowest BCUT2D eigenvalue weighted by atomic mass is 10.0. The van der Waals surface area contributed by atoms with Crippen molar-refractivity contribution in [2.24, 2.45) is 0 Å². The second-order valence-electron chi connectivity index (χ2n) is 3.85. The van der Waals surface area contributed by atoms with E-state index in [0.717, 1.165) is 24.9 Å². The van der Waals surface area contributed by atoms with Gasteiger partial charge in [0.15, 0.2) is 0 Å². The molecule has 1 aliphatic heterocycles. The summed E-state index contributed by atoms with van der Waals surface area (Å²) in [6.45, 7) is 2.76. The van der Waals surface area contributed by atoms with Crippen molar-refractivity contribution < 1.29 is 10.2 Å². The lowest BCUT2D eigenvalue weighted by Crippen LogP contribution is -2.12. The van der Waals surface area contributed by atoms with Crippen molar-refractivity contribution in [1.82, 2.24) is 5.32 Å². The Kier molecular flexibility index (Phi) is 2.33. The Morgan fingerprint density at radius 2 is 2.07 bits per heavy atom. The van der Waals surface area contributed by atoms with Crippen molar-refractivity contribution >= 4 is 0 Å². The van der Waals surface area contributed by atoms with Gasteiger partial charge < -0.3 is 15.5 Å². The molecular weight excluding hydrogens is 178 g/mol. The molecule has 0 bridgehead atoms. The molecule has 0 aromatic heterocycles. The van der Waals surface area contributed by atoms with Crippen molar-refractivity contribution in [3.8, 4) is 11.5 Å². The molecule has 0 radical (unpaired) electrons. The summed E-state index contributed by atoms with van der Waals surface area (Å²) < 4.78 is 0. The maximum atomic E-state index is 9.73. The Morgan fingerprint density at radius 3 is 2.71 bits per heavy atom. The summed E-state index contributed by atoms with van der Waals surface area (Å²) in [4.78, 5) is 0. The van der Waals surface area contributed by atoms with E-state index in [9.17, 15) is 10.2 Å². The number of benzene rings is 1. The Morgan fingerprint density at radius 1 is 1.29 bits per heavy atom. The third-order valence-corrected chi connectivity index (χ3v) is 2.78. The Bertz CT molecular complexity index is 343. The predicted octanol–water partition coefficient (Wildman–Crippen LogP) is 1.83. The summed E-state index contributed by atoms with van der Waals surface area (Å²) in [5, 5.41) is 22.6. The molecule has 14 heavy (non-hydrogen) atoms. The minimum absolute atomic E-state index is 0.196. The third-order valence-electron chi connectivity index (χ3n) is 2.78. The maximum Gasteiger partial charge on any atom is 0.120 e. The fourth-order valence-corrected chi connectivity index (χ4v) is 1.93. The molecule has 1 fully saturated rings. The highest BCUT2D eigenvalue weighted by atomic mass is 16.3. The van der Waals surface area contributed by atoms with Crippen LogP contribution in [-0.4, -0.2) is 16.8 Å². The molecule has 0 aliphatic carbocycles. The van der Waals surface area contributed by atoms with Crippen molar-refractivity contribution in [2.75, 3.05) is 6.54 Å². The molecule has 0 spiro atoms. The van der Waals surface area contributed by atoms with Crippen LogP contribution in [0.2, 0.25) is 0 Å². The average molecular weight is 193 g/mol. The second kappa shape index (κ2) is 3.50. The van der Waals surface area contributed by atoms with Gasteiger partial charge in [0.05, 0.1) is 0 Å². The van der Waals surface area contributed by atoms with Crippen LogP contribution in [0.1, 0.15) is 30.0 Å². The number of hydrogen-bond donors (Lipinski definition) is 3. The first-order valence-electron chi connectivity index (χ1n) is 4.94. The molecule has 1 unspecified atom stereocenters. The molecule has 0 amide bonds. The average Bonchev–Trinajstić information content (AvgIpc) is 2.64. The number of phenols is 2. The van der Waals surface area contributed by atoms with E-state index in [1.165, 1.54) is 0 Å². The van der Waals surface area contributed by atoms with E-state index in [4.69, 9.17) is 0 Å². The minimum atomic E-state index is 0.196. The van der Waals surface area contributed by atoms with Gasteiger partial charge in [-0.05, 0) is 44.0 Å². The van der Waals surface area contributed by atoms with Crippen LogP contribution in [0.3, 0.4) is 0 Å². The smallest absolute Gasteiger partial charge is 0.120 e. The summed E-state index contributed by atoms with van der Waals surface area (Å²) in [5.74, 6) is 0.534. The SMILES string of the molecule is Cc1cc(O)c(C2CCCN2)cc1O. The van der Waals surface area contributed by atoms with Gasteiger partial charge in [0.25, 0.3) is 0 Å². The zero-order valence-corrected chi connectivity index (χ0v) is 8.25. The lowest BCUT2D eigenvalue weighted by Gasteiger charge is -2.13. The Hall–Kier alpha value is -1.22. The zero-order chi connectivity index (χ0) is 10.1. The lowest BCUT2D eigenvalue weighted by molar-refractivity contribution is 0.442. The van der Waals surface area contributed by atoms with Gasteiger partial charge in [-0.25, -0.2) is 0 Å². The van der Waals surface area contributed by atoms with Gasteiger partial charge in [-0.2, -0.15) is 0 Å². The van der Waals surface area contributed by atoms with Crippen LogP contribution < -0.4 is 5.32 Å². The summed E-state index contributed by atoms with van der Waals surface area (Å²) in [6, 6.07) is 3.47. The van der Waals surface area contributed by atoms with Crippen molar-refractivity contribution in [3.05, 3.63) is 23.3 Å². The molecule has 3 heteroatoms. The summed E-state index contributed by atoms with van der Waals surface area (Å²) in [6.07, 6.45) is 2.15. The first kappa shape index (κ1) is 9.34. The number of nitrogens with one attached hydrogen (secondary N) is 1. The van der Waals surface area contributed by atoms with E-state index in [-0.39, 0.29) is 17.5 Å². The van der Waals surface area contributed by atoms with E-state index in [2.05, 4.69) is 5.32 Å². The van der Waals surface area contributed by atoms with Gasteiger partial charge in [0.1, 0.15) is 11.5 Å². The number of aromatic hydroxyl groups is 2. The first-order chi connectivity index (χ1) is 6.68. The number of hydrogen-bond acceptors (Lipinski definition) is 3. The van der Waals surface area contributed by atoms with Crippen LogP contribution in [0.15, 0.2) is 12.1 Å². The molecule has 3 N–H and O–H groups in total. The number of phenolic OH excluding ortho intramolecular Hbond substituents is 2. The molecule has 1 aliphatic rings. The van der Waals surface area contributed by atoms with Gasteiger partial charge >= 0.3 is 0 Å². The molecule has 3 nitrogen and oxygen atoms in total. The van der Waals surface area contributed by atoms with Crippen molar-refractivity contribution in [2.45, 2.75) is 25.8 Å². The maximum absolute atomic E-state index is 9.73. The molecule has 1 heterocycles. The highest BCUT2D eigenvalue weighted by Crippen LogP contribution is 2.34. The third kappa shape index (κ3) is 1.55. The molecule has 1 aromatic rings. The Balaban J connectivity index is 2.37. The van der Waals surface area contributed by atoms with Gasteiger partial charge in [-0.15, -0.1) is 0 Å². The highest BCUT2D eigenvalue weighted by Gasteiger charge is 2.20. The molecular formula is C11H15NO2. The van der Waals surface area contributed by atoms with Crippen LogP contribution in [0.5, 0.6) is 11.5 Å². The van der Waals surface area contributed by atoms with Crippen LogP contribution in [0.4, 0.5) is 0 Å². The molecule has 0 saturated carbocycles. The number of rotatable bonds is 1. The fourth-order valence-electron chi connectivity index (χ4n) is 1.93. The van der Waals surface area contributed by atoms with Gasteiger partial charge in [0, 0.05) is 11.6 Å². The van der Waals surface area contributed by atoms with E-state index in [1.807, 2.05) is 0 Å². The van der Waals surface area contributed by atoms with Crippen LogP contribution >= 0.6 is 0 Å². The standard InChI is InChI=1S/C11H15NO2/c1-7-5-11(14)8(6-10(7)13)9-3-2-4-12-9/h5-6,9,12-14H,2-4H2,1H3. The van der Waals surface area contributed by atoms with Crippen molar-refractivity contribution in [3.63, 3.8) is 0 Å².